The van der Waals surface area contributed by atoms with E-state index in [4.69, 9.17) is 0 Å². The Morgan fingerprint density at radius 3 is 2.52 bits per heavy atom. The zero-order valence-electron chi connectivity index (χ0n) is 18.3. The number of thiazole rings is 1. The Kier molecular flexibility index (Phi) is 6.48. The molecule has 2 aliphatic rings. The van der Waals surface area contributed by atoms with Crippen LogP contribution in [-0.2, 0) is 23.0 Å². The Bertz CT molecular complexity index is 1040. The van der Waals surface area contributed by atoms with Gasteiger partial charge in [-0.2, -0.15) is 4.31 Å². The second-order valence-corrected chi connectivity index (χ2v) is 11.8. The minimum atomic E-state index is -3.55. The van der Waals surface area contributed by atoms with Crippen LogP contribution in [0.15, 0.2) is 29.2 Å². The number of nitrogens with zero attached hydrogens (tertiary/aromatic N) is 3. The van der Waals surface area contributed by atoms with Gasteiger partial charge in [0.25, 0.3) is 5.91 Å². The van der Waals surface area contributed by atoms with Gasteiger partial charge >= 0.3 is 0 Å². The van der Waals surface area contributed by atoms with Gasteiger partial charge in [-0.3, -0.25) is 15.0 Å². The summed E-state index contributed by atoms with van der Waals surface area (Å²) in [6.45, 7) is 10.3. The van der Waals surface area contributed by atoms with E-state index in [9.17, 15) is 13.2 Å². The number of anilines is 1. The Labute approximate surface area is 188 Å². The van der Waals surface area contributed by atoms with Crippen molar-refractivity contribution in [3.63, 3.8) is 0 Å². The van der Waals surface area contributed by atoms with Crippen molar-refractivity contribution < 1.29 is 13.2 Å². The third kappa shape index (κ3) is 4.84. The molecule has 1 N–H and O–H groups in total. The molecule has 3 heterocycles. The van der Waals surface area contributed by atoms with E-state index in [1.807, 2.05) is 0 Å². The normalized spacial score (nSPS) is 22.8. The monoisotopic (exact) mass is 462 g/mol. The fourth-order valence-corrected chi connectivity index (χ4v) is 7.20. The number of rotatable bonds is 5. The number of likely N-dealkylation sites (N-methyl/N-ethyl adjacent to an activating group) is 1. The third-order valence-electron chi connectivity index (χ3n) is 6.07. The first kappa shape index (κ1) is 22.4. The summed E-state index contributed by atoms with van der Waals surface area (Å²) in [7, 11) is -3.55. The average Bonchev–Trinajstić information content (AvgIpc) is 3.14. The van der Waals surface area contributed by atoms with E-state index in [0.717, 1.165) is 38.2 Å². The van der Waals surface area contributed by atoms with Crippen LogP contribution in [0.2, 0.25) is 0 Å². The molecule has 2 aromatic rings. The molecule has 31 heavy (non-hydrogen) atoms. The molecule has 0 spiro atoms. The number of aromatic nitrogens is 1. The van der Waals surface area contributed by atoms with Crippen LogP contribution < -0.4 is 5.32 Å². The fraction of sp³-hybridized carbons (Fsp3) is 0.545. The highest BCUT2D eigenvalue weighted by Gasteiger charge is 2.31. The molecule has 0 saturated carbocycles. The molecular formula is C22H30N4O3S2. The number of carbonyl (C=O) groups excluding carboxylic acids is 1. The molecule has 0 aliphatic carbocycles. The van der Waals surface area contributed by atoms with Crippen LogP contribution in [0.3, 0.4) is 0 Å². The average molecular weight is 463 g/mol. The first-order chi connectivity index (χ1) is 14.8. The topological polar surface area (TPSA) is 82.6 Å². The molecule has 4 rings (SSSR count). The van der Waals surface area contributed by atoms with E-state index >= 15 is 0 Å². The van der Waals surface area contributed by atoms with Gasteiger partial charge in [-0.05, 0) is 49.1 Å². The van der Waals surface area contributed by atoms with Gasteiger partial charge in [0.15, 0.2) is 5.13 Å². The Hall–Kier alpha value is -1.81. The minimum absolute atomic E-state index is 0.231. The Balaban J connectivity index is 1.45. The lowest BCUT2D eigenvalue weighted by molar-refractivity contribution is 0.102. The standard InChI is InChI=1S/C22H30N4O3S2/c1-4-25-10-9-19-20(14-25)30-22(23-19)24-21(27)17-5-7-18(8-6-17)31(28,29)26-12-15(2)11-16(3)13-26/h5-8,15-16H,4,9-14H2,1-3H3,(H,23,24,27). The number of carbonyl (C=O) groups is 1. The van der Waals surface area contributed by atoms with Gasteiger partial charge in [-0.15, -0.1) is 11.3 Å². The second kappa shape index (κ2) is 8.97. The number of hydrogen-bond acceptors (Lipinski definition) is 6. The zero-order valence-corrected chi connectivity index (χ0v) is 19.9. The van der Waals surface area contributed by atoms with Gasteiger partial charge in [0.05, 0.1) is 10.6 Å². The lowest BCUT2D eigenvalue weighted by Gasteiger charge is -2.34. The molecule has 1 aromatic heterocycles. The van der Waals surface area contributed by atoms with Crippen molar-refractivity contribution in [3.05, 3.63) is 40.4 Å². The van der Waals surface area contributed by atoms with Gasteiger partial charge in [-0.1, -0.05) is 20.8 Å². The zero-order chi connectivity index (χ0) is 22.2. The number of piperidine rings is 1. The van der Waals surface area contributed by atoms with Crippen molar-refractivity contribution in [2.24, 2.45) is 11.8 Å². The van der Waals surface area contributed by atoms with Crippen LogP contribution in [-0.4, -0.2) is 54.7 Å². The lowest BCUT2D eigenvalue weighted by atomic mass is 9.94. The maximum absolute atomic E-state index is 13.0. The molecule has 7 nitrogen and oxygen atoms in total. The van der Waals surface area contributed by atoms with Crippen molar-refractivity contribution in [3.8, 4) is 0 Å². The molecule has 1 amide bonds. The molecule has 1 aromatic carbocycles. The molecule has 1 saturated heterocycles. The predicted molar refractivity (Wildman–Crippen MR) is 123 cm³/mol. The van der Waals surface area contributed by atoms with Crippen LogP contribution in [0, 0.1) is 11.8 Å². The van der Waals surface area contributed by atoms with Crippen molar-refractivity contribution in [1.29, 1.82) is 0 Å². The van der Waals surface area contributed by atoms with Crippen LogP contribution >= 0.6 is 11.3 Å². The number of hydrogen-bond donors (Lipinski definition) is 1. The van der Waals surface area contributed by atoms with Crippen molar-refractivity contribution in [1.82, 2.24) is 14.2 Å². The molecule has 0 radical (unpaired) electrons. The van der Waals surface area contributed by atoms with Crippen LogP contribution in [0.5, 0.6) is 0 Å². The molecular weight excluding hydrogens is 432 g/mol. The molecule has 1 fully saturated rings. The minimum Gasteiger partial charge on any atom is -0.298 e. The van der Waals surface area contributed by atoms with Crippen molar-refractivity contribution in [2.45, 2.75) is 45.1 Å². The largest absolute Gasteiger partial charge is 0.298 e. The summed E-state index contributed by atoms with van der Waals surface area (Å²) in [6, 6.07) is 6.21. The highest BCUT2D eigenvalue weighted by molar-refractivity contribution is 7.89. The number of amides is 1. The highest BCUT2D eigenvalue weighted by atomic mass is 32.2. The van der Waals surface area contributed by atoms with Gasteiger partial charge in [0.2, 0.25) is 10.0 Å². The summed E-state index contributed by atoms with van der Waals surface area (Å²) < 4.78 is 27.6. The van der Waals surface area contributed by atoms with Crippen LogP contribution in [0.1, 0.15) is 48.1 Å². The highest BCUT2D eigenvalue weighted by Crippen LogP contribution is 2.29. The van der Waals surface area contributed by atoms with E-state index in [0.29, 0.717) is 35.6 Å². The Morgan fingerprint density at radius 2 is 1.87 bits per heavy atom. The molecule has 9 heteroatoms. The molecule has 2 aliphatic heterocycles. The molecule has 168 valence electrons. The summed E-state index contributed by atoms with van der Waals surface area (Å²) in [6.07, 6.45) is 1.94. The van der Waals surface area contributed by atoms with E-state index in [1.165, 1.54) is 28.3 Å². The molecule has 2 atom stereocenters. The predicted octanol–water partition coefficient (Wildman–Crippen LogP) is 3.44. The summed E-state index contributed by atoms with van der Waals surface area (Å²) in [5.41, 5.74) is 1.49. The summed E-state index contributed by atoms with van der Waals surface area (Å²) in [5, 5.41) is 3.47. The van der Waals surface area contributed by atoms with Gasteiger partial charge < -0.3 is 0 Å². The van der Waals surface area contributed by atoms with Crippen LogP contribution in [0.25, 0.3) is 0 Å². The third-order valence-corrected chi connectivity index (χ3v) is 8.91. The van der Waals surface area contributed by atoms with E-state index in [-0.39, 0.29) is 10.8 Å². The number of nitrogens with one attached hydrogen (secondary N) is 1. The number of sulfonamides is 1. The summed E-state index contributed by atoms with van der Waals surface area (Å²) in [5.74, 6) is 0.414. The second-order valence-electron chi connectivity index (χ2n) is 8.75. The van der Waals surface area contributed by atoms with Crippen LogP contribution in [0.4, 0.5) is 5.13 Å². The Morgan fingerprint density at radius 1 is 1.19 bits per heavy atom. The molecule has 2 unspecified atom stereocenters. The first-order valence-electron chi connectivity index (χ1n) is 10.9. The summed E-state index contributed by atoms with van der Waals surface area (Å²) >= 11 is 1.52. The maximum Gasteiger partial charge on any atom is 0.257 e. The SMILES string of the molecule is CCN1CCc2nc(NC(=O)c3ccc(S(=O)(=O)N4CC(C)CC(C)C4)cc3)sc2C1. The number of fused-ring (bicyclic) bond motifs is 1. The molecule has 0 bridgehead atoms. The van der Waals surface area contributed by atoms with Gasteiger partial charge in [0.1, 0.15) is 0 Å². The lowest BCUT2D eigenvalue weighted by Crippen LogP contribution is -2.42. The van der Waals surface area contributed by atoms with Crippen molar-refractivity contribution in [2.75, 3.05) is 31.5 Å². The smallest absolute Gasteiger partial charge is 0.257 e. The van der Waals surface area contributed by atoms with E-state index in [1.54, 1.807) is 16.4 Å². The van der Waals surface area contributed by atoms with E-state index < -0.39 is 10.0 Å². The summed E-state index contributed by atoms with van der Waals surface area (Å²) in [4.78, 5) is 21.0. The quantitative estimate of drug-likeness (QED) is 0.736. The fourth-order valence-electron chi connectivity index (χ4n) is 4.47. The van der Waals surface area contributed by atoms with Gasteiger partial charge in [-0.25, -0.2) is 13.4 Å². The number of benzene rings is 1. The van der Waals surface area contributed by atoms with E-state index in [2.05, 4.69) is 36.0 Å². The maximum atomic E-state index is 13.0. The first-order valence-corrected chi connectivity index (χ1v) is 13.1. The van der Waals surface area contributed by atoms with Crippen molar-refractivity contribution >= 4 is 32.4 Å². The van der Waals surface area contributed by atoms with Gasteiger partial charge in [0, 0.05) is 43.0 Å².